The molecule has 0 bridgehead atoms. The van der Waals surface area contributed by atoms with Crippen LogP contribution in [0.2, 0.25) is 0 Å². The zero-order valence-corrected chi connectivity index (χ0v) is 13.0. The number of benzene rings is 2. The first-order chi connectivity index (χ1) is 9.49. The monoisotopic (exact) mass is 337 g/mol. The first-order valence-corrected chi connectivity index (χ1v) is 7.21. The molecule has 1 unspecified atom stereocenters. The van der Waals surface area contributed by atoms with Crippen LogP contribution in [0.4, 0.5) is 10.1 Å². The SMILES string of the molecule is Cc1cc(NCC(O)c2ccccc2F)cc(C)c1Br. The highest BCUT2D eigenvalue weighted by atomic mass is 79.9. The van der Waals surface area contributed by atoms with Gasteiger partial charge in [-0.3, -0.25) is 0 Å². The van der Waals surface area contributed by atoms with Gasteiger partial charge in [-0.15, -0.1) is 0 Å². The zero-order valence-electron chi connectivity index (χ0n) is 11.5. The standard InChI is InChI=1S/C16H17BrFNO/c1-10-7-12(8-11(2)16(10)17)19-9-15(20)13-5-3-4-6-14(13)18/h3-8,15,19-20H,9H2,1-2H3. The maximum Gasteiger partial charge on any atom is 0.129 e. The smallest absolute Gasteiger partial charge is 0.129 e. The van der Waals surface area contributed by atoms with Gasteiger partial charge >= 0.3 is 0 Å². The quantitative estimate of drug-likeness (QED) is 0.869. The summed E-state index contributed by atoms with van der Waals surface area (Å²) in [5, 5.41) is 13.2. The molecule has 0 fully saturated rings. The van der Waals surface area contributed by atoms with E-state index >= 15 is 0 Å². The van der Waals surface area contributed by atoms with Crippen LogP contribution in [0.25, 0.3) is 0 Å². The molecule has 0 aliphatic rings. The molecule has 0 amide bonds. The van der Waals surface area contributed by atoms with Crippen molar-refractivity contribution < 1.29 is 9.50 Å². The van der Waals surface area contributed by atoms with Crippen LogP contribution in [-0.2, 0) is 0 Å². The van der Waals surface area contributed by atoms with Crippen molar-refractivity contribution in [2.45, 2.75) is 20.0 Å². The lowest BCUT2D eigenvalue weighted by Gasteiger charge is -2.15. The molecule has 0 spiro atoms. The Balaban J connectivity index is 2.07. The summed E-state index contributed by atoms with van der Waals surface area (Å²) in [6.45, 7) is 4.28. The molecule has 1 atom stereocenters. The fourth-order valence-corrected chi connectivity index (χ4v) is 2.35. The van der Waals surface area contributed by atoms with Crippen LogP contribution in [-0.4, -0.2) is 11.7 Å². The van der Waals surface area contributed by atoms with Crippen LogP contribution in [0.5, 0.6) is 0 Å². The molecule has 0 radical (unpaired) electrons. The summed E-state index contributed by atoms with van der Waals surface area (Å²) in [4.78, 5) is 0. The largest absolute Gasteiger partial charge is 0.386 e. The second-order valence-corrected chi connectivity index (χ2v) is 5.64. The van der Waals surface area contributed by atoms with E-state index in [9.17, 15) is 9.50 Å². The highest BCUT2D eigenvalue weighted by Crippen LogP contribution is 2.25. The molecule has 0 heterocycles. The Morgan fingerprint density at radius 1 is 1.20 bits per heavy atom. The molecule has 2 aromatic carbocycles. The molecule has 4 heteroatoms. The molecule has 0 saturated heterocycles. The van der Waals surface area contributed by atoms with Gasteiger partial charge in [-0.2, -0.15) is 0 Å². The van der Waals surface area contributed by atoms with E-state index in [2.05, 4.69) is 21.2 Å². The second kappa shape index (κ2) is 6.37. The second-order valence-electron chi connectivity index (χ2n) is 4.84. The molecule has 2 aromatic rings. The van der Waals surface area contributed by atoms with Crippen LogP contribution in [0, 0.1) is 19.7 Å². The number of aryl methyl sites for hydroxylation is 2. The van der Waals surface area contributed by atoms with Crippen molar-refractivity contribution in [2.75, 3.05) is 11.9 Å². The molecular formula is C16H17BrFNO. The molecule has 0 saturated carbocycles. The van der Waals surface area contributed by atoms with Crippen LogP contribution in [0.1, 0.15) is 22.8 Å². The Kier molecular flexibility index (Phi) is 4.78. The normalized spacial score (nSPS) is 12.2. The number of halogens is 2. The molecule has 0 aliphatic heterocycles. The summed E-state index contributed by atoms with van der Waals surface area (Å²) >= 11 is 3.51. The van der Waals surface area contributed by atoms with Crippen LogP contribution < -0.4 is 5.32 Å². The Morgan fingerprint density at radius 2 is 1.80 bits per heavy atom. The van der Waals surface area contributed by atoms with Crippen molar-refractivity contribution in [3.8, 4) is 0 Å². The summed E-state index contributed by atoms with van der Waals surface area (Å²) in [7, 11) is 0. The number of nitrogens with one attached hydrogen (secondary N) is 1. The molecule has 20 heavy (non-hydrogen) atoms. The van der Waals surface area contributed by atoms with Crippen molar-refractivity contribution in [3.63, 3.8) is 0 Å². The third-order valence-corrected chi connectivity index (χ3v) is 4.45. The minimum atomic E-state index is -0.875. The summed E-state index contributed by atoms with van der Waals surface area (Å²) in [5.74, 6) is -0.384. The fourth-order valence-electron chi connectivity index (χ4n) is 2.12. The molecular weight excluding hydrogens is 321 g/mol. The predicted molar refractivity (Wildman–Crippen MR) is 83.5 cm³/mol. The summed E-state index contributed by atoms with van der Waals surface area (Å²) in [6, 6.07) is 10.3. The van der Waals surface area contributed by atoms with Gasteiger partial charge in [-0.25, -0.2) is 4.39 Å². The maximum atomic E-state index is 13.6. The number of aliphatic hydroxyl groups is 1. The minimum Gasteiger partial charge on any atom is -0.386 e. The topological polar surface area (TPSA) is 32.3 Å². The van der Waals surface area contributed by atoms with Gasteiger partial charge in [0.15, 0.2) is 0 Å². The number of hydrogen-bond acceptors (Lipinski definition) is 2. The van der Waals surface area contributed by atoms with E-state index in [0.29, 0.717) is 5.56 Å². The van der Waals surface area contributed by atoms with E-state index in [1.165, 1.54) is 6.07 Å². The van der Waals surface area contributed by atoms with Gasteiger partial charge < -0.3 is 10.4 Å². The van der Waals surface area contributed by atoms with Gasteiger partial charge in [0.05, 0.1) is 6.10 Å². The summed E-state index contributed by atoms with van der Waals surface area (Å²) in [5.41, 5.74) is 3.46. The van der Waals surface area contributed by atoms with Gasteiger partial charge in [-0.1, -0.05) is 34.1 Å². The Hall–Kier alpha value is -1.39. The van der Waals surface area contributed by atoms with E-state index in [1.807, 2.05) is 26.0 Å². The van der Waals surface area contributed by atoms with E-state index in [0.717, 1.165) is 21.3 Å². The van der Waals surface area contributed by atoms with Crippen molar-refractivity contribution in [1.82, 2.24) is 0 Å². The fraction of sp³-hybridized carbons (Fsp3) is 0.250. The number of aliphatic hydroxyl groups excluding tert-OH is 1. The van der Waals surface area contributed by atoms with E-state index < -0.39 is 6.10 Å². The van der Waals surface area contributed by atoms with Crippen molar-refractivity contribution >= 4 is 21.6 Å². The molecule has 106 valence electrons. The number of anilines is 1. The third kappa shape index (κ3) is 3.38. The Bertz CT molecular complexity index is 592. The Labute approximate surface area is 126 Å². The molecule has 2 N–H and O–H groups in total. The van der Waals surface area contributed by atoms with Gasteiger partial charge in [0.2, 0.25) is 0 Å². The van der Waals surface area contributed by atoms with E-state index in [4.69, 9.17) is 0 Å². The number of hydrogen-bond donors (Lipinski definition) is 2. The van der Waals surface area contributed by atoms with Gasteiger partial charge in [0.25, 0.3) is 0 Å². The average Bonchev–Trinajstić information content (AvgIpc) is 2.42. The van der Waals surface area contributed by atoms with Crippen LogP contribution in [0.15, 0.2) is 40.9 Å². The minimum absolute atomic E-state index is 0.265. The number of rotatable bonds is 4. The summed E-state index contributed by atoms with van der Waals surface area (Å²) < 4.78 is 14.6. The lowest BCUT2D eigenvalue weighted by atomic mass is 10.1. The molecule has 2 rings (SSSR count). The zero-order chi connectivity index (χ0) is 14.7. The van der Waals surface area contributed by atoms with Crippen molar-refractivity contribution in [2.24, 2.45) is 0 Å². The maximum absolute atomic E-state index is 13.6. The summed E-state index contributed by atoms with van der Waals surface area (Å²) in [6.07, 6.45) is -0.875. The Morgan fingerprint density at radius 3 is 2.40 bits per heavy atom. The molecule has 0 aromatic heterocycles. The van der Waals surface area contributed by atoms with Gasteiger partial charge in [0, 0.05) is 22.3 Å². The van der Waals surface area contributed by atoms with Gasteiger partial charge in [0.1, 0.15) is 5.82 Å². The lowest BCUT2D eigenvalue weighted by Crippen LogP contribution is -2.13. The van der Waals surface area contributed by atoms with E-state index in [1.54, 1.807) is 18.2 Å². The van der Waals surface area contributed by atoms with Crippen LogP contribution >= 0.6 is 15.9 Å². The van der Waals surface area contributed by atoms with Gasteiger partial charge in [-0.05, 0) is 43.2 Å². The third-order valence-electron chi connectivity index (χ3n) is 3.20. The first kappa shape index (κ1) is 15.0. The van der Waals surface area contributed by atoms with E-state index in [-0.39, 0.29) is 12.4 Å². The molecule has 0 aliphatic carbocycles. The van der Waals surface area contributed by atoms with Crippen LogP contribution in [0.3, 0.4) is 0 Å². The highest BCUT2D eigenvalue weighted by Gasteiger charge is 2.12. The highest BCUT2D eigenvalue weighted by molar-refractivity contribution is 9.10. The van der Waals surface area contributed by atoms with Crippen molar-refractivity contribution in [3.05, 3.63) is 63.4 Å². The first-order valence-electron chi connectivity index (χ1n) is 6.42. The average molecular weight is 338 g/mol. The molecule has 2 nitrogen and oxygen atoms in total. The predicted octanol–water partition coefficient (Wildman–Crippen LogP) is 4.35. The lowest BCUT2D eigenvalue weighted by molar-refractivity contribution is 0.186. The van der Waals surface area contributed by atoms with Crippen molar-refractivity contribution in [1.29, 1.82) is 0 Å².